The zero-order valence-electron chi connectivity index (χ0n) is 6.96. The Balaban J connectivity index is 2.22. The molecule has 0 aliphatic rings. The van der Waals surface area contributed by atoms with Crippen LogP contribution in [0.2, 0.25) is 0 Å². The molecule has 66 valence electrons. The van der Waals surface area contributed by atoms with Gasteiger partial charge in [-0.2, -0.15) is 0 Å². The van der Waals surface area contributed by atoms with E-state index in [1.165, 1.54) is 0 Å². The van der Waals surface area contributed by atoms with Crippen molar-refractivity contribution in [2.45, 2.75) is 13.5 Å². The maximum atomic E-state index is 10.9. The number of carbonyl (C=O) groups is 1. The zero-order valence-corrected chi connectivity index (χ0v) is 6.96. The van der Waals surface area contributed by atoms with Crippen LogP contribution in [0.15, 0.2) is 23.0 Å². The lowest BCUT2D eigenvalue weighted by molar-refractivity contribution is 0.241. The van der Waals surface area contributed by atoms with Crippen LogP contribution in [-0.2, 0) is 6.54 Å². The molecule has 2 amide bonds. The number of furan rings is 1. The molecule has 0 aliphatic heterocycles. The molecule has 0 atom stereocenters. The number of urea groups is 1. The number of rotatable bonds is 3. The fourth-order valence-electron chi connectivity index (χ4n) is 0.799. The predicted octanol–water partition coefficient (Wildman–Crippen LogP) is 1.10. The quantitative estimate of drug-likeness (QED) is 0.710. The maximum absolute atomic E-state index is 10.9. The molecule has 12 heavy (non-hydrogen) atoms. The van der Waals surface area contributed by atoms with Crippen LogP contribution in [0.1, 0.15) is 12.5 Å². The number of hydrogen-bond donors (Lipinski definition) is 2. The van der Waals surface area contributed by atoms with Gasteiger partial charge in [0, 0.05) is 18.7 Å². The van der Waals surface area contributed by atoms with Crippen molar-refractivity contribution in [2.75, 3.05) is 6.54 Å². The molecular weight excluding hydrogens is 156 g/mol. The first-order valence-electron chi connectivity index (χ1n) is 3.85. The van der Waals surface area contributed by atoms with Crippen LogP contribution in [0.5, 0.6) is 0 Å². The number of nitrogens with one attached hydrogen (secondary N) is 2. The van der Waals surface area contributed by atoms with Crippen LogP contribution in [0, 0.1) is 0 Å². The monoisotopic (exact) mass is 168 g/mol. The highest BCUT2D eigenvalue weighted by Gasteiger charge is 1.97. The van der Waals surface area contributed by atoms with Gasteiger partial charge in [0.25, 0.3) is 0 Å². The van der Waals surface area contributed by atoms with E-state index in [0.29, 0.717) is 13.1 Å². The second-order valence-corrected chi connectivity index (χ2v) is 2.34. The average molecular weight is 168 g/mol. The van der Waals surface area contributed by atoms with Crippen LogP contribution in [0.25, 0.3) is 0 Å². The summed E-state index contributed by atoms with van der Waals surface area (Å²) in [4.78, 5) is 10.9. The molecule has 1 aromatic rings. The van der Waals surface area contributed by atoms with Crippen molar-refractivity contribution >= 4 is 6.03 Å². The van der Waals surface area contributed by atoms with E-state index in [0.717, 1.165) is 5.56 Å². The fourth-order valence-corrected chi connectivity index (χ4v) is 0.799. The molecule has 0 saturated heterocycles. The molecule has 0 saturated carbocycles. The topological polar surface area (TPSA) is 54.3 Å². The molecule has 0 spiro atoms. The Hall–Kier alpha value is -1.45. The Morgan fingerprint density at radius 3 is 3.00 bits per heavy atom. The highest BCUT2D eigenvalue weighted by Crippen LogP contribution is 1.97. The Kier molecular flexibility index (Phi) is 3.19. The van der Waals surface area contributed by atoms with Crippen molar-refractivity contribution in [3.63, 3.8) is 0 Å². The van der Waals surface area contributed by atoms with E-state index in [1.54, 1.807) is 12.5 Å². The van der Waals surface area contributed by atoms with E-state index in [2.05, 4.69) is 10.6 Å². The molecule has 4 nitrogen and oxygen atoms in total. The second-order valence-electron chi connectivity index (χ2n) is 2.34. The lowest BCUT2D eigenvalue weighted by Crippen LogP contribution is -2.34. The molecule has 0 aromatic carbocycles. The highest BCUT2D eigenvalue weighted by atomic mass is 16.3. The minimum Gasteiger partial charge on any atom is -0.472 e. The summed E-state index contributed by atoms with van der Waals surface area (Å²) in [5, 5.41) is 5.30. The van der Waals surface area contributed by atoms with E-state index in [-0.39, 0.29) is 6.03 Å². The minimum absolute atomic E-state index is 0.154. The Morgan fingerprint density at radius 2 is 2.42 bits per heavy atom. The summed E-state index contributed by atoms with van der Waals surface area (Å²) in [6.45, 7) is 3.01. The smallest absolute Gasteiger partial charge is 0.315 e. The Labute approximate surface area is 70.9 Å². The van der Waals surface area contributed by atoms with Crippen molar-refractivity contribution in [1.29, 1.82) is 0 Å². The molecule has 0 radical (unpaired) electrons. The molecule has 0 unspecified atom stereocenters. The van der Waals surface area contributed by atoms with E-state index in [1.807, 2.05) is 13.0 Å². The maximum Gasteiger partial charge on any atom is 0.315 e. The largest absolute Gasteiger partial charge is 0.472 e. The average Bonchev–Trinajstić information content (AvgIpc) is 2.53. The van der Waals surface area contributed by atoms with Gasteiger partial charge >= 0.3 is 6.03 Å². The molecule has 0 fully saturated rings. The van der Waals surface area contributed by atoms with Crippen molar-refractivity contribution in [2.24, 2.45) is 0 Å². The molecule has 0 aliphatic carbocycles. The normalized spacial score (nSPS) is 9.42. The van der Waals surface area contributed by atoms with Crippen LogP contribution < -0.4 is 10.6 Å². The summed E-state index contributed by atoms with van der Waals surface area (Å²) >= 11 is 0. The second kappa shape index (κ2) is 4.43. The van der Waals surface area contributed by atoms with Gasteiger partial charge in [-0.15, -0.1) is 0 Å². The standard InChI is InChI=1S/C8H12N2O2/c1-2-9-8(11)10-5-7-3-4-12-6-7/h3-4,6H,2,5H2,1H3,(H2,9,10,11). The van der Waals surface area contributed by atoms with E-state index in [4.69, 9.17) is 4.42 Å². The SMILES string of the molecule is CCNC(=O)NCc1ccoc1. The number of hydrogen-bond acceptors (Lipinski definition) is 2. The van der Waals surface area contributed by atoms with E-state index >= 15 is 0 Å². The van der Waals surface area contributed by atoms with Crippen molar-refractivity contribution in [3.05, 3.63) is 24.2 Å². The summed E-state index contributed by atoms with van der Waals surface area (Å²) in [5.41, 5.74) is 0.959. The van der Waals surface area contributed by atoms with Gasteiger partial charge in [-0.1, -0.05) is 0 Å². The third-order valence-corrected chi connectivity index (χ3v) is 1.37. The van der Waals surface area contributed by atoms with Crippen LogP contribution in [0.4, 0.5) is 4.79 Å². The van der Waals surface area contributed by atoms with Gasteiger partial charge in [-0.05, 0) is 13.0 Å². The minimum atomic E-state index is -0.154. The van der Waals surface area contributed by atoms with Gasteiger partial charge in [-0.25, -0.2) is 4.79 Å². The third-order valence-electron chi connectivity index (χ3n) is 1.37. The highest BCUT2D eigenvalue weighted by molar-refractivity contribution is 5.73. The lowest BCUT2D eigenvalue weighted by Gasteiger charge is -2.02. The first kappa shape index (κ1) is 8.64. The van der Waals surface area contributed by atoms with Crippen molar-refractivity contribution in [1.82, 2.24) is 10.6 Å². The van der Waals surface area contributed by atoms with Crippen LogP contribution >= 0.6 is 0 Å². The van der Waals surface area contributed by atoms with Gasteiger partial charge in [-0.3, -0.25) is 0 Å². The third kappa shape index (κ3) is 2.65. The molecule has 4 heteroatoms. The molecule has 0 bridgehead atoms. The Bertz CT molecular complexity index is 231. The Morgan fingerprint density at radius 1 is 1.58 bits per heavy atom. The summed E-state index contributed by atoms with van der Waals surface area (Å²) in [6, 6.07) is 1.66. The molecule has 1 aromatic heterocycles. The van der Waals surface area contributed by atoms with Crippen LogP contribution in [-0.4, -0.2) is 12.6 Å². The fraction of sp³-hybridized carbons (Fsp3) is 0.375. The summed E-state index contributed by atoms with van der Waals surface area (Å²) in [5.74, 6) is 0. The number of amides is 2. The summed E-state index contributed by atoms with van der Waals surface area (Å²) in [6.07, 6.45) is 3.18. The lowest BCUT2D eigenvalue weighted by atomic mass is 10.3. The molecule has 1 rings (SSSR count). The summed E-state index contributed by atoms with van der Waals surface area (Å²) in [7, 11) is 0. The molecule has 1 heterocycles. The molecular formula is C8H12N2O2. The zero-order chi connectivity index (χ0) is 8.81. The van der Waals surface area contributed by atoms with Crippen LogP contribution in [0.3, 0.4) is 0 Å². The van der Waals surface area contributed by atoms with Gasteiger partial charge in [0.1, 0.15) is 0 Å². The van der Waals surface area contributed by atoms with E-state index < -0.39 is 0 Å². The van der Waals surface area contributed by atoms with Gasteiger partial charge < -0.3 is 15.1 Å². The van der Waals surface area contributed by atoms with Crippen molar-refractivity contribution in [3.8, 4) is 0 Å². The summed E-state index contributed by atoms with van der Waals surface area (Å²) < 4.78 is 4.84. The van der Waals surface area contributed by atoms with Gasteiger partial charge in [0.15, 0.2) is 0 Å². The first-order valence-corrected chi connectivity index (χ1v) is 3.85. The number of carbonyl (C=O) groups excluding carboxylic acids is 1. The van der Waals surface area contributed by atoms with Gasteiger partial charge in [0.2, 0.25) is 0 Å². The van der Waals surface area contributed by atoms with Crippen molar-refractivity contribution < 1.29 is 9.21 Å². The van der Waals surface area contributed by atoms with E-state index in [9.17, 15) is 4.79 Å². The predicted molar refractivity (Wildman–Crippen MR) is 44.6 cm³/mol. The first-order chi connectivity index (χ1) is 5.83. The van der Waals surface area contributed by atoms with Gasteiger partial charge in [0.05, 0.1) is 12.5 Å². The molecule has 2 N–H and O–H groups in total.